The topological polar surface area (TPSA) is 50.7 Å². The van der Waals surface area contributed by atoms with E-state index < -0.39 is 12.7 Å². The number of nitrogens with one attached hydrogen (secondary N) is 1. The Morgan fingerprint density at radius 2 is 1.91 bits per heavy atom. The minimum Gasteiger partial charge on any atom is -0.497 e. The molecule has 4 nitrogen and oxygen atoms in total. The van der Waals surface area contributed by atoms with Crippen molar-refractivity contribution in [2.75, 3.05) is 13.7 Å². The number of rotatable bonds is 8. The molecule has 1 atom stereocenters. The van der Waals surface area contributed by atoms with Gasteiger partial charge < -0.3 is 19.9 Å². The molecule has 124 valence electrons. The van der Waals surface area contributed by atoms with E-state index in [0.717, 1.165) is 0 Å². The fraction of sp³-hybridized carbons (Fsp3) is 0.294. The third-order valence-electron chi connectivity index (χ3n) is 3.32. The predicted molar refractivity (Wildman–Crippen MR) is 82.7 cm³/mol. The van der Waals surface area contributed by atoms with Gasteiger partial charge in [-0.3, -0.25) is 0 Å². The van der Waals surface area contributed by atoms with Crippen LogP contribution >= 0.6 is 0 Å². The minimum absolute atomic E-state index is 0.130. The molecular formula is C17H19F2NO3. The zero-order chi connectivity index (χ0) is 16.7. The average molecular weight is 323 g/mol. The third kappa shape index (κ3) is 5.19. The van der Waals surface area contributed by atoms with Crippen molar-refractivity contribution in [3.05, 3.63) is 59.7 Å². The molecule has 6 heteroatoms. The second kappa shape index (κ2) is 8.45. The van der Waals surface area contributed by atoms with Crippen LogP contribution < -0.4 is 14.8 Å². The van der Waals surface area contributed by atoms with Crippen molar-refractivity contribution in [2.24, 2.45) is 0 Å². The van der Waals surface area contributed by atoms with E-state index in [1.807, 2.05) is 0 Å². The largest absolute Gasteiger partial charge is 0.497 e. The number of alkyl halides is 2. The molecule has 0 saturated carbocycles. The molecule has 0 fully saturated rings. The molecule has 0 bridgehead atoms. The van der Waals surface area contributed by atoms with Crippen LogP contribution in [0, 0.1) is 0 Å². The molecule has 0 aliphatic rings. The Balaban J connectivity index is 1.91. The number of halogens is 2. The molecule has 2 N–H and O–H groups in total. The molecule has 0 spiro atoms. The summed E-state index contributed by atoms with van der Waals surface area (Å²) < 4.78 is 34.3. The van der Waals surface area contributed by atoms with Crippen LogP contribution in [0.3, 0.4) is 0 Å². The van der Waals surface area contributed by atoms with E-state index in [4.69, 9.17) is 4.74 Å². The first-order valence-corrected chi connectivity index (χ1v) is 7.15. The Bertz CT molecular complexity index is 622. The lowest BCUT2D eigenvalue weighted by Gasteiger charge is -2.15. The fourth-order valence-corrected chi connectivity index (χ4v) is 2.17. The van der Waals surface area contributed by atoms with E-state index in [1.165, 1.54) is 6.07 Å². The third-order valence-corrected chi connectivity index (χ3v) is 3.32. The van der Waals surface area contributed by atoms with Crippen LogP contribution in [-0.2, 0) is 6.54 Å². The first kappa shape index (κ1) is 17.2. The number of methoxy groups -OCH3 is 1. The van der Waals surface area contributed by atoms with Gasteiger partial charge in [0.15, 0.2) is 0 Å². The van der Waals surface area contributed by atoms with Crippen LogP contribution in [0.4, 0.5) is 8.78 Å². The van der Waals surface area contributed by atoms with Gasteiger partial charge in [-0.25, -0.2) is 0 Å². The second-order valence-electron chi connectivity index (χ2n) is 4.91. The van der Waals surface area contributed by atoms with Crippen molar-refractivity contribution < 1.29 is 23.4 Å². The molecule has 1 unspecified atom stereocenters. The fourth-order valence-electron chi connectivity index (χ4n) is 2.17. The predicted octanol–water partition coefficient (Wildman–Crippen LogP) is 3.12. The van der Waals surface area contributed by atoms with Crippen LogP contribution in [0.15, 0.2) is 48.5 Å². The lowest BCUT2D eigenvalue weighted by molar-refractivity contribution is -0.0505. The van der Waals surface area contributed by atoms with Gasteiger partial charge in [0, 0.05) is 18.7 Å². The molecule has 0 aliphatic carbocycles. The van der Waals surface area contributed by atoms with E-state index in [2.05, 4.69) is 10.1 Å². The van der Waals surface area contributed by atoms with Gasteiger partial charge in [0.25, 0.3) is 0 Å². The van der Waals surface area contributed by atoms with Crippen molar-refractivity contribution in [1.29, 1.82) is 0 Å². The molecule has 0 saturated heterocycles. The van der Waals surface area contributed by atoms with Crippen molar-refractivity contribution in [3.63, 3.8) is 0 Å². The van der Waals surface area contributed by atoms with Gasteiger partial charge >= 0.3 is 6.61 Å². The van der Waals surface area contributed by atoms with E-state index >= 15 is 0 Å². The Hall–Kier alpha value is -2.18. The number of hydrogen-bond donors (Lipinski definition) is 2. The maximum Gasteiger partial charge on any atom is 0.387 e. The Morgan fingerprint density at radius 1 is 1.13 bits per heavy atom. The zero-order valence-corrected chi connectivity index (χ0v) is 12.7. The normalized spacial score (nSPS) is 12.2. The molecule has 0 aromatic heterocycles. The Kier molecular flexibility index (Phi) is 6.31. The van der Waals surface area contributed by atoms with E-state index in [1.54, 1.807) is 49.6 Å². The highest BCUT2D eigenvalue weighted by Gasteiger charge is 2.11. The highest BCUT2D eigenvalue weighted by molar-refractivity contribution is 5.33. The summed E-state index contributed by atoms with van der Waals surface area (Å²) in [7, 11) is 1.56. The first-order valence-electron chi connectivity index (χ1n) is 7.15. The van der Waals surface area contributed by atoms with E-state index in [0.29, 0.717) is 23.4 Å². The molecule has 0 heterocycles. The summed E-state index contributed by atoms with van der Waals surface area (Å²) in [5, 5.41) is 13.2. The SMILES string of the molecule is COc1cccc(C(O)CNCc2ccccc2OC(F)F)c1. The maximum atomic E-state index is 12.3. The standard InChI is InChI=1S/C17H19F2NO3/c1-22-14-7-4-6-12(9-14)15(21)11-20-10-13-5-2-3-8-16(13)23-17(18)19/h2-9,15,17,20-21H,10-11H2,1H3. The first-order chi connectivity index (χ1) is 11.1. The van der Waals surface area contributed by atoms with Gasteiger partial charge in [0.1, 0.15) is 11.5 Å². The molecular weight excluding hydrogens is 304 g/mol. The summed E-state index contributed by atoms with van der Waals surface area (Å²) in [6, 6.07) is 13.7. The number of aliphatic hydroxyl groups excluding tert-OH is 1. The Morgan fingerprint density at radius 3 is 2.65 bits per heavy atom. The summed E-state index contributed by atoms with van der Waals surface area (Å²) in [5.41, 5.74) is 1.32. The smallest absolute Gasteiger partial charge is 0.387 e. The molecule has 2 aromatic carbocycles. The quantitative estimate of drug-likeness (QED) is 0.784. The van der Waals surface area contributed by atoms with Crippen LogP contribution in [-0.4, -0.2) is 25.4 Å². The summed E-state index contributed by atoms with van der Waals surface area (Å²) in [5.74, 6) is 0.795. The number of para-hydroxylation sites is 1. The summed E-state index contributed by atoms with van der Waals surface area (Å²) in [4.78, 5) is 0. The lowest BCUT2D eigenvalue weighted by atomic mass is 10.1. The number of hydrogen-bond acceptors (Lipinski definition) is 4. The second-order valence-corrected chi connectivity index (χ2v) is 4.91. The average Bonchev–Trinajstić information content (AvgIpc) is 2.56. The molecule has 0 radical (unpaired) electrons. The van der Waals surface area contributed by atoms with Gasteiger partial charge in [-0.15, -0.1) is 0 Å². The number of aliphatic hydroxyl groups is 1. The molecule has 0 aliphatic heterocycles. The van der Waals surface area contributed by atoms with Crippen LogP contribution in [0.1, 0.15) is 17.2 Å². The van der Waals surface area contributed by atoms with Gasteiger partial charge in [-0.1, -0.05) is 30.3 Å². The highest BCUT2D eigenvalue weighted by atomic mass is 19.3. The van der Waals surface area contributed by atoms with Crippen LogP contribution in [0.5, 0.6) is 11.5 Å². The van der Waals surface area contributed by atoms with Crippen molar-refractivity contribution in [1.82, 2.24) is 5.32 Å². The lowest BCUT2D eigenvalue weighted by Crippen LogP contribution is -2.21. The van der Waals surface area contributed by atoms with E-state index in [9.17, 15) is 13.9 Å². The van der Waals surface area contributed by atoms with Gasteiger partial charge in [0.2, 0.25) is 0 Å². The highest BCUT2D eigenvalue weighted by Crippen LogP contribution is 2.21. The van der Waals surface area contributed by atoms with Crippen molar-refractivity contribution in [2.45, 2.75) is 19.3 Å². The molecule has 2 rings (SSSR count). The van der Waals surface area contributed by atoms with Gasteiger partial charge in [-0.2, -0.15) is 8.78 Å². The number of ether oxygens (including phenoxy) is 2. The number of benzene rings is 2. The summed E-state index contributed by atoms with van der Waals surface area (Å²) >= 11 is 0. The molecule has 0 amide bonds. The Labute approximate surface area is 133 Å². The zero-order valence-electron chi connectivity index (χ0n) is 12.7. The van der Waals surface area contributed by atoms with Gasteiger partial charge in [0.05, 0.1) is 13.2 Å². The van der Waals surface area contributed by atoms with E-state index in [-0.39, 0.29) is 12.3 Å². The van der Waals surface area contributed by atoms with Crippen molar-refractivity contribution >= 4 is 0 Å². The summed E-state index contributed by atoms with van der Waals surface area (Å²) in [6.45, 7) is -2.28. The molecule has 2 aromatic rings. The van der Waals surface area contributed by atoms with Crippen LogP contribution in [0.25, 0.3) is 0 Å². The van der Waals surface area contributed by atoms with Crippen LogP contribution in [0.2, 0.25) is 0 Å². The van der Waals surface area contributed by atoms with Crippen molar-refractivity contribution in [3.8, 4) is 11.5 Å². The molecule has 23 heavy (non-hydrogen) atoms. The van der Waals surface area contributed by atoms with Gasteiger partial charge in [-0.05, 0) is 23.8 Å². The maximum absolute atomic E-state index is 12.3. The minimum atomic E-state index is -2.86. The summed E-state index contributed by atoms with van der Waals surface area (Å²) in [6.07, 6.45) is -0.728. The monoisotopic (exact) mass is 323 g/mol.